The van der Waals surface area contributed by atoms with Crippen molar-refractivity contribution in [2.75, 3.05) is 13.6 Å². The third-order valence-electron chi connectivity index (χ3n) is 4.67. The van der Waals surface area contributed by atoms with Crippen LogP contribution in [-0.4, -0.2) is 35.4 Å². The van der Waals surface area contributed by atoms with Crippen LogP contribution in [0.4, 0.5) is 0 Å². The van der Waals surface area contributed by atoms with Gasteiger partial charge in [-0.05, 0) is 50.0 Å². The lowest BCUT2D eigenvalue weighted by Gasteiger charge is -2.32. The predicted octanol–water partition coefficient (Wildman–Crippen LogP) is 3.19. The van der Waals surface area contributed by atoms with Crippen LogP contribution in [0.2, 0.25) is 0 Å². The van der Waals surface area contributed by atoms with Crippen molar-refractivity contribution >= 4 is 29.9 Å². The molecule has 1 aliphatic carbocycles. The van der Waals surface area contributed by atoms with Crippen molar-refractivity contribution in [1.82, 2.24) is 20.4 Å². The zero-order valence-corrected chi connectivity index (χ0v) is 17.2. The van der Waals surface area contributed by atoms with Crippen LogP contribution in [0.3, 0.4) is 0 Å². The Morgan fingerprint density at radius 2 is 2.04 bits per heavy atom. The summed E-state index contributed by atoms with van der Waals surface area (Å²) in [5.41, 5.74) is 1.20. The van der Waals surface area contributed by atoms with Gasteiger partial charge in [0.1, 0.15) is 0 Å². The van der Waals surface area contributed by atoms with Gasteiger partial charge in [0.05, 0.1) is 12.7 Å². The van der Waals surface area contributed by atoms with E-state index in [9.17, 15) is 0 Å². The second-order valence-corrected chi connectivity index (χ2v) is 6.78. The van der Waals surface area contributed by atoms with E-state index >= 15 is 0 Å². The number of nitrogens with zero attached hydrogens (tertiary/aromatic N) is 3. The molecule has 0 amide bonds. The summed E-state index contributed by atoms with van der Waals surface area (Å²) in [5.74, 6) is 2.63. The van der Waals surface area contributed by atoms with E-state index in [1.807, 2.05) is 17.9 Å². The van der Waals surface area contributed by atoms with Gasteiger partial charge in [-0.15, -0.1) is 24.0 Å². The van der Waals surface area contributed by atoms with Crippen LogP contribution >= 0.6 is 24.0 Å². The molecule has 23 heavy (non-hydrogen) atoms. The van der Waals surface area contributed by atoms with Crippen molar-refractivity contribution < 1.29 is 0 Å². The zero-order chi connectivity index (χ0) is 15.9. The second kappa shape index (κ2) is 10.2. The second-order valence-electron chi connectivity index (χ2n) is 6.78. The molecule has 0 aromatic carbocycles. The Kier molecular flexibility index (Phi) is 8.94. The summed E-state index contributed by atoms with van der Waals surface area (Å²) in [4.78, 5) is 4.34. The smallest absolute Gasteiger partial charge is 0.191 e. The molecule has 0 aliphatic heterocycles. The van der Waals surface area contributed by atoms with Crippen LogP contribution in [0.1, 0.15) is 45.1 Å². The third kappa shape index (κ3) is 6.69. The molecule has 0 atom stereocenters. The SMILES string of the molecule is CN=C(NCCn1cc(C)cn1)NC1CCC(C(C)C)CC1.I. The Morgan fingerprint density at radius 1 is 1.35 bits per heavy atom. The summed E-state index contributed by atoms with van der Waals surface area (Å²) in [6.45, 7) is 8.44. The maximum atomic E-state index is 4.34. The summed E-state index contributed by atoms with van der Waals surface area (Å²) in [7, 11) is 1.84. The minimum atomic E-state index is 0. The van der Waals surface area contributed by atoms with Crippen LogP contribution < -0.4 is 10.6 Å². The zero-order valence-electron chi connectivity index (χ0n) is 14.9. The van der Waals surface area contributed by atoms with Crippen molar-refractivity contribution in [3.05, 3.63) is 18.0 Å². The van der Waals surface area contributed by atoms with Gasteiger partial charge < -0.3 is 10.6 Å². The molecule has 1 aliphatic rings. The van der Waals surface area contributed by atoms with Gasteiger partial charge in [0.25, 0.3) is 0 Å². The number of guanidine groups is 1. The molecule has 132 valence electrons. The standard InChI is InChI=1S/C17H31N5.HI/c1-13(2)15-5-7-16(8-6-15)21-17(18-4)19-9-10-22-12-14(3)11-20-22;/h11-13,15-16H,5-10H2,1-4H3,(H2,18,19,21);1H. The molecule has 1 fully saturated rings. The number of hydrogen-bond donors (Lipinski definition) is 2. The van der Waals surface area contributed by atoms with Crippen LogP contribution in [-0.2, 0) is 6.54 Å². The molecule has 5 nitrogen and oxygen atoms in total. The van der Waals surface area contributed by atoms with Crippen LogP contribution in [0.15, 0.2) is 17.4 Å². The fraction of sp³-hybridized carbons (Fsp3) is 0.765. The summed E-state index contributed by atoms with van der Waals surface area (Å²) in [5, 5.41) is 11.2. The first kappa shape index (κ1) is 20.3. The molecular formula is C17H32IN5. The first-order valence-electron chi connectivity index (χ1n) is 8.54. The van der Waals surface area contributed by atoms with Gasteiger partial charge in [-0.3, -0.25) is 9.67 Å². The largest absolute Gasteiger partial charge is 0.355 e. The first-order chi connectivity index (χ1) is 10.6. The maximum absolute atomic E-state index is 4.34. The van der Waals surface area contributed by atoms with Crippen molar-refractivity contribution in [1.29, 1.82) is 0 Å². The molecule has 0 saturated heterocycles. The minimum absolute atomic E-state index is 0. The van der Waals surface area contributed by atoms with Gasteiger partial charge in [0, 0.05) is 25.8 Å². The summed E-state index contributed by atoms with van der Waals surface area (Å²) in [6, 6.07) is 0.563. The van der Waals surface area contributed by atoms with E-state index in [0.717, 1.165) is 30.9 Å². The molecule has 1 aromatic heterocycles. The molecule has 1 heterocycles. The molecule has 2 N–H and O–H groups in total. The number of aromatic nitrogens is 2. The molecule has 0 spiro atoms. The van der Waals surface area contributed by atoms with E-state index in [1.54, 1.807) is 0 Å². The summed E-state index contributed by atoms with van der Waals surface area (Å²) in [6.07, 6.45) is 9.12. The van der Waals surface area contributed by atoms with E-state index in [1.165, 1.54) is 31.2 Å². The number of nitrogens with one attached hydrogen (secondary N) is 2. The highest BCUT2D eigenvalue weighted by atomic mass is 127. The highest BCUT2D eigenvalue weighted by Gasteiger charge is 2.23. The highest BCUT2D eigenvalue weighted by Crippen LogP contribution is 2.29. The van der Waals surface area contributed by atoms with E-state index in [4.69, 9.17) is 0 Å². The Morgan fingerprint density at radius 3 is 2.57 bits per heavy atom. The van der Waals surface area contributed by atoms with Crippen molar-refractivity contribution in [3.63, 3.8) is 0 Å². The molecule has 1 saturated carbocycles. The molecule has 0 bridgehead atoms. The fourth-order valence-corrected chi connectivity index (χ4v) is 3.20. The van der Waals surface area contributed by atoms with E-state index < -0.39 is 0 Å². The molecule has 1 aromatic rings. The topological polar surface area (TPSA) is 54.2 Å². The monoisotopic (exact) mass is 433 g/mol. The molecule has 0 radical (unpaired) electrons. The Hall–Kier alpha value is -0.790. The fourth-order valence-electron chi connectivity index (χ4n) is 3.20. The summed E-state index contributed by atoms with van der Waals surface area (Å²) < 4.78 is 1.96. The van der Waals surface area contributed by atoms with Crippen LogP contribution in [0.25, 0.3) is 0 Å². The van der Waals surface area contributed by atoms with Crippen molar-refractivity contribution in [3.8, 4) is 0 Å². The number of aryl methyl sites for hydroxylation is 1. The van der Waals surface area contributed by atoms with Crippen LogP contribution in [0, 0.1) is 18.8 Å². The van der Waals surface area contributed by atoms with E-state index in [2.05, 4.69) is 47.7 Å². The first-order valence-corrected chi connectivity index (χ1v) is 8.54. The normalized spacial score (nSPS) is 21.9. The third-order valence-corrected chi connectivity index (χ3v) is 4.67. The molecule has 0 unspecified atom stereocenters. The van der Waals surface area contributed by atoms with Crippen molar-refractivity contribution in [2.45, 2.75) is 59.0 Å². The average Bonchev–Trinajstić information content (AvgIpc) is 2.92. The Balaban J connectivity index is 0.00000264. The quantitative estimate of drug-likeness (QED) is 0.426. The van der Waals surface area contributed by atoms with Gasteiger partial charge in [-0.1, -0.05) is 13.8 Å². The van der Waals surface area contributed by atoms with Gasteiger partial charge >= 0.3 is 0 Å². The highest BCUT2D eigenvalue weighted by molar-refractivity contribution is 14.0. The molecule has 6 heteroatoms. The number of hydrogen-bond acceptors (Lipinski definition) is 2. The maximum Gasteiger partial charge on any atom is 0.191 e. The van der Waals surface area contributed by atoms with E-state index in [-0.39, 0.29) is 24.0 Å². The summed E-state index contributed by atoms with van der Waals surface area (Å²) >= 11 is 0. The molecule has 2 rings (SSSR count). The lowest BCUT2D eigenvalue weighted by molar-refractivity contribution is 0.250. The number of aliphatic imine (C=N–C) groups is 1. The lowest BCUT2D eigenvalue weighted by atomic mass is 9.80. The van der Waals surface area contributed by atoms with Gasteiger partial charge in [0.2, 0.25) is 0 Å². The lowest BCUT2D eigenvalue weighted by Crippen LogP contribution is -2.45. The van der Waals surface area contributed by atoms with Gasteiger partial charge in [-0.25, -0.2) is 0 Å². The van der Waals surface area contributed by atoms with E-state index in [0.29, 0.717) is 6.04 Å². The number of rotatable bonds is 5. The van der Waals surface area contributed by atoms with Gasteiger partial charge in [-0.2, -0.15) is 5.10 Å². The molecular weight excluding hydrogens is 401 g/mol. The predicted molar refractivity (Wildman–Crippen MR) is 107 cm³/mol. The van der Waals surface area contributed by atoms with Gasteiger partial charge in [0.15, 0.2) is 5.96 Å². The average molecular weight is 433 g/mol. The Bertz CT molecular complexity index is 475. The Labute approximate surface area is 157 Å². The van der Waals surface area contributed by atoms with Crippen LogP contribution in [0.5, 0.6) is 0 Å². The van der Waals surface area contributed by atoms with Crippen molar-refractivity contribution in [2.24, 2.45) is 16.8 Å². The number of halogens is 1. The minimum Gasteiger partial charge on any atom is -0.355 e.